The maximum Gasteiger partial charge on any atom is 0.356 e. The van der Waals surface area contributed by atoms with E-state index in [4.69, 9.17) is 5.11 Å². The zero-order valence-corrected chi connectivity index (χ0v) is 10.9. The number of benzene rings is 1. The number of hydrogen-bond acceptors (Lipinski definition) is 5. The van der Waals surface area contributed by atoms with Crippen molar-refractivity contribution < 1.29 is 24.9 Å². The first-order chi connectivity index (χ1) is 9.95. The third-order valence-electron chi connectivity index (χ3n) is 2.67. The largest absolute Gasteiger partial charge is 0.508 e. The molecule has 2 rings (SSSR count). The van der Waals surface area contributed by atoms with Crippen LogP contribution in [-0.2, 0) is 6.54 Å². The second-order valence-electron chi connectivity index (χ2n) is 4.30. The van der Waals surface area contributed by atoms with Crippen molar-refractivity contribution in [3.8, 4) is 11.5 Å². The summed E-state index contributed by atoms with van der Waals surface area (Å²) >= 11 is 0. The fourth-order valence-corrected chi connectivity index (χ4v) is 1.72. The van der Waals surface area contributed by atoms with Crippen LogP contribution >= 0.6 is 0 Å². The maximum atomic E-state index is 11.8. The molecule has 21 heavy (non-hydrogen) atoms. The third-order valence-corrected chi connectivity index (χ3v) is 2.67. The average molecular weight is 291 g/mol. The van der Waals surface area contributed by atoms with E-state index in [2.05, 4.69) is 10.3 Å². The molecule has 4 N–H and O–H groups in total. The summed E-state index contributed by atoms with van der Waals surface area (Å²) in [6.07, 6.45) is 2.71. The summed E-state index contributed by atoms with van der Waals surface area (Å²) in [7, 11) is 0. The van der Waals surface area contributed by atoms with Crippen LogP contribution in [0.1, 0.15) is 20.8 Å². The Kier molecular flexibility index (Phi) is 4.07. The van der Waals surface area contributed by atoms with Crippen molar-refractivity contribution in [3.63, 3.8) is 0 Å². The summed E-state index contributed by atoms with van der Waals surface area (Å²) in [5, 5.41) is 29.9. The van der Waals surface area contributed by atoms with Crippen molar-refractivity contribution in [2.45, 2.75) is 6.54 Å². The Hall–Kier alpha value is -3.03. The second-order valence-corrected chi connectivity index (χ2v) is 4.30. The van der Waals surface area contributed by atoms with Gasteiger partial charge < -0.3 is 25.2 Å². The van der Waals surface area contributed by atoms with Crippen LogP contribution in [0.25, 0.3) is 0 Å². The monoisotopic (exact) mass is 291 g/mol. The van der Waals surface area contributed by atoms with Crippen LogP contribution in [0, 0.1) is 0 Å². The molecule has 8 nitrogen and oxygen atoms in total. The van der Waals surface area contributed by atoms with Gasteiger partial charge in [0.1, 0.15) is 11.5 Å². The van der Waals surface area contributed by atoms with Gasteiger partial charge in [-0.3, -0.25) is 4.79 Å². The summed E-state index contributed by atoms with van der Waals surface area (Å²) in [5.74, 6) is -1.99. The Balaban J connectivity index is 1.90. The van der Waals surface area contributed by atoms with E-state index < -0.39 is 11.9 Å². The molecule has 1 amide bonds. The highest BCUT2D eigenvalue weighted by Gasteiger charge is 2.09. The number of phenolic OH excluding ortho intramolecular Hbond substituents is 2. The number of rotatable bonds is 5. The molecule has 2 aromatic rings. The smallest absolute Gasteiger partial charge is 0.356 e. The minimum absolute atomic E-state index is 0.0702. The standard InChI is InChI=1S/C13H13N3O5/c17-9-3-8(4-10(18)5-9)12(19)14-1-2-16-6-11(13(20)21)15-7-16/h3-7,17-18H,1-2H2,(H,14,19)(H,20,21). The number of aromatic hydroxyl groups is 2. The van der Waals surface area contributed by atoms with E-state index >= 15 is 0 Å². The summed E-state index contributed by atoms with van der Waals surface area (Å²) in [6, 6.07) is 3.58. The fourth-order valence-electron chi connectivity index (χ4n) is 1.72. The van der Waals surface area contributed by atoms with Crippen molar-refractivity contribution in [2.75, 3.05) is 6.54 Å². The molecular formula is C13H13N3O5. The Morgan fingerprint density at radius 1 is 1.19 bits per heavy atom. The van der Waals surface area contributed by atoms with Crippen LogP contribution in [0.5, 0.6) is 11.5 Å². The number of amides is 1. The van der Waals surface area contributed by atoms with Gasteiger partial charge in [0, 0.05) is 30.9 Å². The van der Waals surface area contributed by atoms with Crippen LogP contribution in [0.4, 0.5) is 0 Å². The molecule has 0 atom stereocenters. The Bertz CT molecular complexity index is 660. The van der Waals surface area contributed by atoms with Crippen molar-refractivity contribution in [1.29, 1.82) is 0 Å². The molecule has 0 spiro atoms. The van der Waals surface area contributed by atoms with Gasteiger partial charge in [-0.25, -0.2) is 9.78 Å². The molecule has 0 saturated heterocycles. The highest BCUT2D eigenvalue weighted by Crippen LogP contribution is 2.20. The molecule has 8 heteroatoms. The maximum absolute atomic E-state index is 11.8. The van der Waals surface area contributed by atoms with E-state index in [1.165, 1.54) is 29.2 Å². The lowest BCUT2D eigenvalue weighted by Crippen LogP contribution is -2.26. The van der Waals surface area contributed by atoms with E-state index in [0.717, 1.165) is 6.07 Å². The third kappa shape index (κ3) is 3.72. The van der Waals surface area contributed by atoms with Crippen molar-refractivity contribution in [1.82, 2.24) is 14.9 Å². The van der Waals surface area contributed by atoms with Gasteiger partial charge in [-0.2, -0.15) is 0 Å². The number of nitrogens with one attached hydrogen (secondary N) is 1. The number of aromatic carboxylic acids is 1. The lowest BCUT2D eigenvalue weighted by Gasteiger charge is -2.06. The number of carbonyl (C=O) groups is 2. The lowest BCUT2D eigenvalue weighted by atomic mass is 10.2. The summed E-state index contributed by atoms with van der Waals surface area (Å²) in [5.41, 5.74) is 0.0589. The lowest BCUT2D eigenvalue weighted by molar-refractivity contribution is 0.0690. The molecule has 0 aliphatic carbocycles. The highest BCUT2D eigenvalue weighted by molar-refractivity contribution is 5.95. The number of aromatic nitrogens is 2. The Morgan fingerprint density at radius 2 is 1.86 bits per heavy atom. The van der Waals surface area contributed by atoms with Crippen LogP contribution in [0.2, 0.25) is 0 Å². The molecule has 0 aliphatic heterocycles. The number of nitrogens with zero attached hydrogens (tertiary/aromatic N) is 2. The van der Waals surface area contributed by atoms with E-state index in [1.54, 1.807) is 0 Å². The molecule has 0 fully saturated rings. The van der Waals surface area contributed by atoms with Gasteiger partial charge in [-0.1, -0.05) is 0 Å². The van der Waals surface area contributed by atoms with Crippen molar-refractivity contribution >= 4 is 11.9 Å². The van der Waals surface area contributed by atoms with Gasteiger partial charge in [-0.05, 0) is 12.1 Å². The summed E-state index contributed by atoms with van der Waals surface area (Å²) < 4.78 is 1.53. The first kappa shape index (κ1) is 14.4. The average Bonchev–Trinajstić information content (AvgIpc) is 2.86. The zero-order valence-electron chi connectivity index (χ0n) is 10.9. The first-order valence-corrected chi connectivity index (χ1v) is 6.02. The first-order valence-electron chi connectivity index (χ1n) is 6.02. The highest BCUT2D eigenvalue weighted by atomic mass is 16.4. The SMILES string of the molecule is O=C(NCCn1cnc(C(=O)O)c1)c1cc(O)cc(O)c1. The van der Waals surface area contributed by atoms with Gasteiger partial charge in [0.15, 0.2) is 5.69 Å². The van der Waals surface area contributed by atoms with E-state index in [9.17, 15) is 19.8 Å². The molecule has 0 bridgehead atoms. The molecule has 0 aliphatic rings. The predicted molar refractivity (Wildman–Crippen MR) is 71.3 cm³/mol. The predicted octanol–water partition coefficient (Wildman–Crippen LogP) is 0.422. The number of imidazole rings is 1. The number of hydrogen-bond donors (Lipinski definition) is 4. The zero-order chi connectivity index (χ0) is 15.4. The van der Waals surface area contributed by atoms with Gasteiger partial charge in [0.05, 0.1) is 6.33 Å². The summed E-state index contributed by atoms with van der Waals surface area (Å²) in [4.78, 5) is 26.1. The minimum Gasteiger partial charge on any atom is -0.508 e. The van der Waals surface area contributed by atoms with Crippen molar-refractivity contribution in [3.05, 3.63) is 42.0 Å². The van der Waals surface area contributed by atoms with Gasteiger partial charge >= 0.3 is 5.97 Å². The van der Waals surface area contributed by atoms with E-state index in [0.29, 0.717) is 6.54 Å². The van der Waals surface area contributed by atoms with E-state index in [-0.39, 0.29) is 29.3 Å². The molecule has 1 aromatic carbocycles. The van der Waals surface area contributed by atoms with E-state index in [1.807, 2.05) is 0 Å². The van der Waals surface area contributed by atoms with Crippen LogP contribution < -0.4 is 5.32 Å². The number of carboxylic acid groups (broad SMARTS) is 1. The number of phenols is 2. The van der Waals surface area contributed by atoms with Crippen molar-refractivity contribution in [2.24, 2.45) is 0 Å². The molecule has 0 radical (unpaired) electrons. The number of carbonyl (C=O) groups excluding carboxylic acids is 1. The molecular weight excluding hydrogens is 278 g/mol. The quantitative estimate of drug-likeness (QED) is 0.633. The van der Waals surface area contributed by atoms with Gasteiger partial charge in [-0.15, -0.1) is 0 Å². The van der Waals surface area contributed by atoms with Crippen LogP contribution in [0.3, 0.4) is 0 Å². The van der Waals surface area contributed by atoms with Gasteiger partial charge in [0.2, 0.25) is 0 Å². The molecule has 1 aromatic heterocycles. The van der Waals surface area contributed by atoms with Crippen LogP contribution in [0.15, 0.2) is 30.7 Å². The topological polar surface area (TPSA) is 125 Å². The Morgan fingerprint density at radius 3 is 2.43 bits per heavy atom. The molecule has 0 saturated carbocycles. The molecule has 1 heterocycles. The second kappa shape index (κ2) is 5.95. The van der Waals surface area contributed by atoms with Gasteiger partial charge in [0.25, 0.3) is 5.91 Å². The minimum atomic E-state index is -1.12. The summed E-state index contributed by atoms with van der Waals surface area (Å²) in [6.45, 7) is 0.585. The number of carboxylic acids is 1. The Labute approximate surface area is 119 Å². The fraction of sp³-hybridized carbons (Fsp3) is 0.154. The molecule has 110 valence electrons. The normalized spacial score (nSPS) is 10.3. The molecule has 0 unspecified atom stereocenters. The van der Waals surface area contributed by atoms with Crippen LogP contribution in [-0.4, -0.2) is 43.3 Å².